The molecule has 64 valence electrons. The van der Waals surface area contributed by atoms with Gasteiger partial charge < -0.3 is 10.6 Å². The Labute approximate surface area is 67.5 Å². The Morgan fingerprint density at radius 2 is 2.09 bits per heavy atom. The van der Waals surface area contributed by atoms with Crippen molar-refractivity contribution in [3.8, 4) is 0 Å². The first-order valence-electron chi connectivity index (χ1n) is 4.23. The first-order chi connectivity index (χ1) is 5.22. The average molecular weight is 156 g/mol. The smallest absolute Gasteiger partial charge is 0.217 e. The summed E-state index contributed by atoms with van der Waals surface area (Å²) in [6.45, 7) is 4.70. The van der Waals surface area contributed by atoms with Crippen molar-refractivity contribution in [3.63, 3.8) is 0 Å². The lowest BCUT2D eigenvalue weighted by atomic mass is 9.87. The fourth-order valence-corrected chi connectivity index (χ4v) is 1.48. The second-order valence-corrected chi connectivity index (χ2v) is 3.12. The molecule has 0 atom stereocenters. The van der Waals surface area contributed by atoms with E-state index in [0.717, 1.165) is 19.4 Å². The van der Waals surface area contributed by atoms with Gasteiger partial charge in [0.05, 0.1) is 0 Å². The molecule has 0 saturated heterocycles. The molecule has 1 aliphatic rings. The van der Waals surface area contributed by atoms with Gasteiger partial charge in [0.1, 0.15) is 0 Å². The molecule has 0 aliphatic heterocycles. The van der Waals surface area contributed by atoms with Crippen LogP contribution in [-0.4, -0.2) is 24.5 Å². The minimum atomic E-state index is 0.0879. The van der Waals surface area contributed by atoms with Crippen LogP contribution in [0.2, 0.25) is 0 Å². The van der Waals surface area contributed by atoms with Crippen LogP contribution in [0.4, 0.5) is 0 Å². The summed E-state index contributed by atoms with van der Waals surface area (Å²) < 4.78 is 0. The molecular formula is C8H16N2O. The van der Waals surface area contributed by atoms with E-state index < -0.39 is 0 Å². The first kappa shape index (κ1) is 8.53. The van der Waals surface area contributed by atoms with Crippen LogP contribution in [-0.2, 0) is 4.79 Å². The summed E-state index contributed by atoms with van der Waals surface area (Å²) in [6.07, 6.45) is 2.18. The van der Waals surface area contributed by atoms with Gasteiger partial charge >= 0.3 is 0 Å². The maximum atomic E-state index is 10.6. The molecule has 0 radical (unpaired) electrons. The Bertz CT molecular complexity index is 141. The zero-order chi connectivity index (χ0) is 8.27. The lowest BCUT2D eigenvalue weighted by molar-refractivity contribution is -0.120. The molecule has 0 aromatic carbocycles. The van der Waals surface area contributed by atoms with Gasteiger partial charge in [0.2, 0.25) is 5.91 Å². The van der Waals surface area contributed by atoms with Gasteiger partial charge in [0.25, 0.3) is 0 Å². The lowest BCUT2D eigenvalue weighted by Gasteiger charge is -2.35. The van der Waals surface area contributed by atoms with Crippen LogP contribution in [0.1, 0.15) is 26.7 Å². The summed E-state index contributed by atoms with van der Waals surface area (Å²) >= 11 is 0. The van der Waals surface area contributed by atoms with E-state index in [4.69, 9.17) is 0 Å². The molecule has 1 saturated carbocycles. The highest BCUT2D eigenvalue weighted by Crippen LogP contribution is 2.19. The van der Waals surface area contributed by atoms with Gasteiger partial charge in [0, 0.05) is 19.0 Å². The van der Waals surface area contributed by atoms with Gasteiger partial charge in [-0.2, -0.15) is 0 Å². The van der Waals surface area contributed by atoms with Gasteiger partial charge in [-0.3, -0.25) is 4.79 Å². The van der Waals surface area contributed by atoms with E-state index in [1.165, 1.54) is 0 Å². The summed E-state index contributed by atoms with van der Waals surface area (Å²) in [5, 5.41) is 6.22. The Hall–Kier alpha value is -0.570. The van der Waals surface area contributed by atoms with Crippen molar-refractivity contribution in [1.29, 1.82) is 0 Å². The van der Waals surface area contributed by atoms with Gasteiger partial charge in [-0.05, 0) is 19.4 Å². The highest BCUT2D eigenvalue weighted by Gasteiger charge is 2.28. The molecule has 3 heteroatoms. The number of rotatable bonds is 3. The number of carbonyl (C=O) groups excluding carboxylic acids is 1. The van der Waals surface area contributed by atoms with Crippen molar-refractivity contribution < 1.29 is 4.79 Å². The highest BCUT2D eigenvalue weighted by molar-refractivity contribution is 5.73. The van der Waals surface area contributed by atoms with Crippen LogP contribution in [0.5, 0.6) is 0 Å². The average Bonchev–Trinajstić information content (AvgIpc) is 1.82. The summed E-state index contributed by atoms with van der Waals surface area (Å²) in [4.78, 5) is 10.6. The molecule has 0 spiro atoms. The van der Waals surface area contributed by atoms with Crippen molar-refractivity contribution in [1.82, 2.24) is 10.6 Å². The Balaban J connectivity index is 2.04. The van der Waals surface area contributed by atoms with Crippen molar-refractivity contribution >= 4 is 5.91 Å². The molecule has 3 nitrogen and oxygen atoms in total. The number of carbonyl (C=O) groups is 1. The zero-order valence-electron chi connectivity index (χ0n) is 7.18. The minimum absolute atomic E-state index is 0.0879. The molecule has 1 fully saturated rings. The monoisotopic (exact) mass is 156 g/mol. The van der Waals surface area contributed by atoms with Crippen LogP contribution in [0, 0.1) is 0 Å². The highest BCUT2D eigenvalue weighted by atomic mass is 16.1. The molecule has 0 heterocycles. The summed E-state index contributed by atoms with van der Waals surface area (Å²) in [7, 11) is 0. The van der Waals surface area contributed by atoms with Crippen LogP contribution < -0.4 is 10.6 Å². The van der Waals surface area contributed by atoms with Crippen LogP contribution in [0.25, 0.3) is 0 Å². The number of amides is 1. The normalized spacial score (nSPS) is 29.3. The SMILES string of the molecule is CCN[C@H]1C[C@H](NC(C)=O)C1. The van der Waals surface area contributed by atoms with E-state index in [0.29, 0.717) is 12.1 Å². The summed E-state index contributed by atoms with van der Waals surface area (Å²) in [5.41, 5.74) is 0. The van der Waals surface area contributed by atoms with Gasteiger partial charge in [0.15, 0.2) is 0 Å². The van der Waals surface area contributed by atoms with E-state index in [2.05, 4.69) is 17.6 Å². The number of hydrogen-bond donors (Lipinski definition) is 2. The molecule has 0 unspecified atom stereocenters. The van der Waals surface area contributed by atoms with Gasteiger partial charge in [-0.1, -0.05) is 6.92 Å². The molecule has 11 heavy (non-hydrogen) atoms. The van der Waals surface area contributed by atoms with Gasteiger partial charge in [-0.25, -0.2) is 0 Å². The lowest BCUT2D eigenvalue weighted by Crippen LogP contribution is -2.51. The van der Waals surface area contributed by atoms with Crippen LogP contribution in [0.3, 0.4) is 0 Å². The van der Waals surface area contributed by atoms with E-state index in [9.17, 15) is 4.79 Å². The molecule has 1 rings (SSSR count). The second kappa shape index (κ2) is 3.72. The van der Waals surface area contributed by atoms with Gasteiger partial charge in [-0.15, -0.1) is 0 Å². The molecule has 1 amide bonds. The van der Waals surface area contributed by atoms with E-state index in [1.54, 1.807) is 6.92 Å². The Morgan fingerprint density at radius 3 is 2.55 bits per heavy atom. The largest absolute Gasteiger partial charge is 0.353 e. The predicted molar refractivity (Wildman–Crippen MR) is 44.3 cm³/mol. The minimum Gasteiger partial charge on any atom is -0.353 e. The quantitative estimate of drug-likeness (QED) is 0.615. The molecule has 0 aromatic heterocycles. The fraction of sp³-hybridized carbons (Fsp3) is 0.875. The fourth-order valence-electron chi connectivity index (χ4n) is 1.48. The van der Waals surface area contributed by atoms with E-state index in [-0.39, 0.29) is 5.91 Å². The number of nitrogens with one attached hydrogen (secondary N) is 2. The Morgan fingerprint density at radius 1 is 1.45 bits per heavy atom. The number of hydrogen-bond acceptors (Lipinski definition) is 2. The summed E-state index contributed by atoms with van der Waals surface area (Å²) in [6, 6.07) is 1.06. The van der Waals surface area contributed by atoms with Crippen molar-refractivity contribution in [3.05, 3.63) is 0 Å². The molecule has 0 aromatic rings. The van der Waals surface area contributed by atoms with Crippen LogP contribution in [0.15, 0.2) is 0 Å². The molecular weight excluding hydrogens is 140 g/mol. The zero-order valence-corrected chi connectivity index (χ0v) is 7.18. The summed E-state index contributed by atoms with van der Waals surface area (Å²) in [5.74, 6) is 0.0879. The second-order valence-electron chi connectivity index (χ2n) is 3.12. The Kier molecular flexibility index (Phi) is 2.88. The topological polar surface area (TPSA) is 41.1 Å². The third kappa shape index (κ3) is 2.50. The third-order valence-corrected chi connectivity index (χ3v) is 2.04. The van der Waals surface area contributed by atoms with Crippen molar-refractivity contribution in [2.75, 3.05) is 6.54 Å². The predicted octanol–water partition coefficient (Wildman–Crippen LogP) is 0.263. The van der Waals surface area contributed by atoms with E-state index >= 15 is 0 Å². The maximum absolute atomic E-state index is 10.6. The molecule has 0 bridgehead atoms. The van der Waals surface area contributed by atoms with Crippen LogP contribution >= 0.6 is 0 Å². The van der Waals surface area contributed by atoms with Crippen molar-refractivity contribution in [2.45, 2.75) is 38.8 Å². The van der Waals surface area contributed by atoms with E-state index in [1.807, 2.05) is 0 Å². The first-order valence-corrected chi connectivity index (χ1v) is 4.23. The maximum Gasteiger partial charge on any atom is 0.217 e. The standard InChI is InChI=1S/C8H16N2O/c1-3-9-7-4-8(5-7)10-6(2)11/h7-9H,3-5H2,1-2H3,(H,10,11)/t7-,8-. The molecule has 2 N–H and O–H groups in total. The van der Waals surface area contributed by atoms with Crippen molar-refractivity contribution in [2.24, 2.45) is 0 Å². The molecule has 1 aliphatic carbocycles. The third-order valence-electron chi connectivity index (χ3n) is 2.04.